The van der Waals surface area contributed by atoms with E-state index in [0.29, 0.717) is 34.3 Å². The van der Waals surface area contributed by atoms with Gasteiger partial charge in [-0.15, -0.1) is 0 Å². The van der Waals surface area contributed by atoms with Crippen molar-refractivity contribution in [3.8, 4) is 12.1 Å². The zero-order chi connectivity index (χ0) is 15.2. The minimum absolute atomic E-state index is 0.318. The van der Waals surface area contributed by atoms with Crippen LogP contribution in [0.4, 0.5) is 17.3 Å². The van der Waals surface area contributed by atoms with E-state index in [1.807, 2.05) is 19.1 Å². The second-order valence-corrected chi connectivity index (χ2v) is 4.45. The first kappa shape index (κ1) is 14.3. The lowest BCUT2D eigenvalue weighted by Gasteiger charge is -2.08. The molecular formula is C15H14N6. The number of nitrogens with one attached hydrogen (secondary N) is 1. The first-order chi connectivity index (χ1) is 10.2. The van der Waals surface area contributed by atoms with E-state index in [1.165, 1.54) is 0 Å². The lowest BCUT2D eigenvalue weighted by molar-refractivity contribution is 0.839. The van der Waals surface area contributed by atoms with Gasteiger partial charge in [0.1, 0.15) is 29.6 Å². The van der Waals surface area contributed by atoms with Crippen molar-refractivity contribution in [3.63, 3.8) is 0 Å². The van der Waals surface area contributed by atoms with Crippen molar-refractivity contribution in [2.45, 2.75) is 19.8 Å². The van der Waals surface area contributed by atoms with Crippen molar-refractivity contribution in [1.82, 2.24) is 9.97 Å². The fourth-order valence-electron chi connectivity index (χ4n) is 1.88. The summed E-state index contributed by atoms with van der Waals surface area (Å²) in [4.78, 5) is 8.52. The van der Waals surface area contributed by atoms with Gasteiger partial charge in [-0.1, -0.05) is 6.92 Å². The molecule has 104 valence electrons. The normalized spacial score (nSPS) is 9.67. The van der Waals surface area contributed by atoms with Crippen LogP contribution in [0, 0.1) is 22.7 Å². The molecule has 2 aromatic rings. The number of hydrogen-bond donors (Lipinski definition) is 2. The summed E-state index contributed by atoms with van der Waals surface area (Å²) in [6.07, 6.45) is 1.68. The highest BCUT2D eigenvalue weighted by atomic mass is 15.0. The molecule has 21 heavy (non-hydrogen) atoms. The lowest BCUT2D eigenvalue weighted by atomic mass is 10.1. The predicted octanol–water partition coefficient (Wildman–Crippen LogP) is 2.50. The van der Waals surface area contributed by atoms with Gasteiger partial charge in [0.15, 0.2) is 0 Å². The van der Waals surface area contributed by atoms with Crippen molar-refractivity contribution in [3.05, 3.63) is 41.2 Å². The number of aromatic nitrogens is 2. The molecule has 0 aliphatic rings. The fraction of sp³-hybridized carbons (Fsp3) is 0.200. The molecule has 0 saturated carbocycles. The highest BCUT2D eigenvalue weighted by molar-refractivity contribution is 5.63. The summed E-state index contributed by atoms with van der Waals surface area (Å²) in [6.45, 7) is 2.04. The van der Waals surface area contributed by atoms with E-state index >= 15 is 0 Å². The monoisotopic (exact) mass is 278 g/mol. The van der Waals surface area contributed by atoms with Gasteiger partial charge in [0, 0.05) is 18.2 Å². The van der Waals surface area contributed by atoms with Crippen molar-refractivity contribution >= 4 is 17.3 Å². The Balaban J connectivity index is 2.30. The molecule has 0 radical (unpaired) electrons. The number of nitrogens with two attached hydrogens (primary N) is 1. The number of anilines is 3. The van der Waals surface area contributed by atoms with Gasteiger partial charge in [-0.05, 0) is 24.6 Å². The number of aryl methyl sites for hydroxylation is 1. The number of hydrogen-bond acceptors (Lipinski definition) is 6. The summed E-state index contributed by atoms with van der Waals surface area (Å²) in [5, 5.41) is 21.0. The van der Waals surface area contributed by atoms with Crippen LogP contribution >= 0.6 is 0 Å². The summed E-state index contributed by atoms with van der Waals surface area (Å²) < 4.78 is 0. The standard InChI is InChI=1S/C15H14N6/c1-2-3-14-20-13(18)7-15(21-14)19-12-5-4-10(8-16)11(6-12)9-17/h4-7H,2-3H2,1H3,(H3,18,19,20,21). The average molecular weight is 278 g/mol. The Kier molecular flexibility index (Phi) is 4.33. The zero-order valence-corrected chi connectivity index (χ0v) is 11.6. The molecule has 2 rings (SSSR count). The van der Waals surface area contributed by atoms with Crippen LogP contribution in [-0.4, -0.2) is 9.97 Å². The van der Waals surface area contributed by atoms with Crippen LogP contribution in [0.1, 0.15) is 30.3 Å². The molecule has 1 aromatic heterocycles. The third-order valence-electron chi connectivity index (χ3n) is 2.80. The molecule has 1 heterocycles. The number of nitriles is 2. The molecule has 0 fully saturated rings. The number of rotatable bonds is 4. The third-order valence-corrected chi connectivity index (χ3v) is 2.80. The number of benzene rings is 1. The van der Waals surface area contributed by atoms with Gasteiger partial charge in [0.2, 0.25) is 0 Å². The summed E-state index contributed by atoms with van der Waals surface area (Å²) in [5.74, 6) is 1.64. The predicted molar refractivity (Wildman–Crippen MR) is 79.6 cm³/mol. The first-order valence-electron chi connectivity index (χ1n) is 6.51. The Morgan fingerprint density at radius 3 is 2.57 bits per heavy atom. The van der Waals surface area contributed by atoms with E-state index in [2.05, 4.69) is 15.3 Å². The summed E-state index contributed by atoms with van der Waals surface area (Å²) in [7, 11) is 0. The van der Waals surface area contributed by atoms with Gasteiger partial charge in [0.25, 0.3) is 0 Å². The van der Waals surface area contributed by atoms with Gasteiger partial charge >= 0.3 is 0 Å². The molecule has 0 amide bonds. The number of nitrogen functional groups attached to an aromatic ring is 1. The third kappa shape index (κ3) is 3.46. The molecule has 6 nitrogen and oxygen atoms in total. The van der Waals surface area contributed by atoms with E-state index in [0.717, 1.165) is 12.8 Å². The molecule has 0 aliphatic heterocycles. The minimum Gasteiger partial charge on any atom is -0.384 e. The average Bonchev–Trinajstić information content (AvgIpc) is 2.46. The Hall–Kier alpha value is -3.12. The summed E-state index contributed by atoms with van der Waals surface area (Å²) >= 11 is 0. The molecule has 6 heteroatoms. The van der Waals surface area contributed by atoms with Crippen LogP contribution in [0.5, 0.6) is 0 Å². The van der Waals surface area contributed by atoms with Crippen molar-refractivity contribution in [2.75, 3.05) is 11.1 Å². The minimum atomic E-state index is 0.318. The maximum Gasteiger partial charge on any atom is 0.136 e. The fourth-order valence-corrected chi connectivity index (χ4v) is 1.88. The van der Waals surface area contributed by atoms with Crippen molar-refractivity contribution < 1.29 is 0 Å². The highest BCUT2D eigenvalue weighted by Crippen LogP contribution is 2.19. The van der Waals surface area contributed by atoms with Crippen LogP contribution < -0.4 is 11.1 Å². The number of nitrogens with zero attached hydrogens (tertiary/aromatic N) is 4. The van der Waals surface area contributed by atoms with E-state index in [-0.39, 0.29) is 0 Å². The molecule has 0 unspecified atom stereocenters. The second-order valence-electron chi connectivity index (χ2n) is 4.45. The Morgan fingerprint density at radius 1 is 1.14 bits per heavy atom. The Morgan fingerprint density at radius 2 is 1.90 bits per heavy atom. The topological polar surface area (TPSA) is 111 Å². The maximum absolute atomic E-state index is 9.02. The van der Waals surface area contributed by atoms with Gasteiger partial charge in [-0.3, -0.25) is 0 Å². The van der Waals surface area contributed by atoms with E-state index in [9.17, 15) is 0 Å². The molecule has 0 bridgehead atoms. The summed E-state index contributed by atoms with van der Waals surface area (Å²) in [5.41, 5.74) is 7.09. The molecule has 3 N–H and O–H groups in total. The van der Waals surface area contributed by atoms with Crippen molar-refractivity contribution in [1.29, 1.82) is 10.5 Å². The molecule has 1 aromatic carbocycles. The second kappa shape index (κ2) is 6.36. The highest BCUT2D eigenvalue weighted by Gasteiger charge is 2.06. The van der Waals surface area contributed by atoms with Crippen LogP contribution in [0.3, 0.4) is 0 Å². The van der Waals surface area contributed by atoms with Crippen LogP contribution in [-0.2, 0) is 6.42 Å². The van der Waals surface area contributed by atoms with Gasteiger partial charge < -0.3 is 11.1 Å². The van der Waals surface area contributed by atoms with Crippen LogP contribution in [0.25, 0.3) is 0 Å². The molecule has 0 saturated heterocycles. The molecule has 0 aliphatic carbocycles. The van der Waals surface area contributed by atoms with Gasteiger partial charge in [0.05, 0.1) is 11.1 Å². The summed E-state index contributed by atoms with van der Waals surface area (Å²) in [6, 6.07) is 10.5. The largest absolute Gasteiger partial charge is 0.384 e. The quantitative estimate of drug-likeness (QED) is 0.888. The van der Waals surface area contributed by atoms with Gasteiger partial charge in [-0.25, -0.2) is 9.97 Å². The first-order valence-corrected chi connectivity index (χ1v) is 6.51. The maximum atomic E-state index is 9.02. The SMILES string of the molecule is CCCc1nc(N)cc(Nc2ccc(C#N)c(C#N)c2)n1. The zero-order valence-electron chi connectivity index (χ0n) is 11.6. The van der Waals surface area contributed by atoms with E-state index in [4.69, 9.17) is 16.3 Å². The lowest BCUT2D eigenvalue weighted by Crippen LogP contribution is -2.03. The van der Waals surface area contributed by atoms with Crippen LogP contribution in [0.15, 0.2) is 24.3 Å². The van der Waals surface area contributed by atoms with Crippen molar-refractivity contribution in [2.24, 2.45) is 0 Å². The van der Waals surface area contributed by atoms with E-state index < -0.39 is 0 Å². The molecular weight excluding hydrogens is 264 g/mol. The molecule has 0 atom stereocenters. The van der Waals surface area contributed by atoms with E-state index in [1.54, 1.807) is 24.3 Å². The Labute approximate surface area is 122 Å². The Bertz CT molecular complexity index is 739. The van der Waals surface area contributed by atoms with Gasteiger partial charge in [-0.2, -0.15) is 10.5 Å². The van der Waals surface area contributed by atoms with Crippen LogP contribution in [0.2, 0.25) is 0 Å². The molecule has 0 spiro atoms. The smallest absolute Gasteiger partial charge is 0.136 e.